The van der Waals surface area contributed by atoms with Crippen LogP contribution < -0.4 is 5.32 Å². The third-order valence-electron chi connectivity index (χ3n) is 2.58. The average molecular weight is 384 g/mol. The molecule has 0 aromatic heterocycles. The predicted octanol–water partition coefficient (Wildman–Crippen LogP) is 3.64. The fraction of sp³-hybridized carbons (Fsp3) is 0. The fourth-order valence-corrected chi connectivity index (χ4v) is 2.15. The lowest BCUT2D eigenvalue weighted by molar-refractivity contribution is -0.383. The second-order valence-corrected chi connectivity index (χ2v) is 5.06. The van der Waals surface area contributed by atoms with Gasteiger partial charge >= 0.3 is 5.97 Å². The standard InChI is InChI=1S/C13H9IN2O4/c14-9-3-1-2-4-10(9)15-11-6-5-8(13(17)18)7-12(11)16(19)20/h1-7,15H,(H,17,18). The molecule has 102 valence electrons. The Balaban J connectivity index is 2.44. The molecule has 0 aliphatic heterocycles. The molecule has 7 heteroatoms. The van der Waals surface area contributed by atoms with Crippen molar-refractivity contribution in [3.8, 4) is 0 Å². The van der Waals surface area contributed by atoms with Gasteiger partial charge in [-0.15, -0.1) is 0 Å². The number of para-hydroxylation sites is 1. The second kappa shape index (κ2) is 5.87. The summed E-state index contributed by atoms with van der Waals surface area (Å²) in [4.78, 5) is 21.3. The normalized spacial score (nSPS) is 10.1. The first-order valence-corrected chi connectivity index (χ1v) is 6.60. The number of nitro groups is 1. The molecule has 2 rings (SSSR count). The monoisotopic (exact) mass is 384 g/mol. The van der Waals surface area contributed by atoms with E-state index in [1.54, 1.807) is 6.07 Å². The van der Waals surface area contributed by atoms with Gasteiger partial charge in [0.2, 0.25) is 0 Å². The molecule has 20 heavy (non-hydrogen) atoms. The molecule has 0 aliphatic carbocycles. The summed E-state index contributed by atoms with van der Waals surface area (Å²) in [7, 11) is 0. The molecule has 0 aliphatic rings. The first-order chi connectivity index (χ1) is 9.49. The van der Waals surface area contributed by atoms with Crippen LogP contribution in [0.15, 0.2) is 42.5 Å². The summed E-state index contributed by atoms with van der Waals surface area (Å²) in [5, 5.41) is 22.9. The number of hydrogen-bond donors (Lipinski definition) is 2. The van der Waals surface area contributed by atoms with E-state index in [0.717, 1.165) is 15.3 Å². The van der Waals surface area contributed by atoms with Crippen LogP contribution in [0.3, 0.4) is 0 Å². The van der Waals surface area contributed by atoms with Crippen LogP contribution in [0.1, 0.15) is 10.4 Å². The number of carboxylic acid groups (broad SMARTS) is 1. The van der Waals surface area contributed by atoms with Gasteiger partial charge in [0.15, 0.2) is 0 Å². The summed E-state index contributed by atoms with van der Waals surface area (Å²) < 4.78 is 0.904. The summed E-state index contributed by atoms with van der Waals surface area (Å²) in [6.07, 6.45) is 0. The maximum Gasteiger partial charge on any atom is 0.335 e. The largest absolute Gasteiger partial charge is 0.478 e. The van der Waals surface area contributed by atoms with Gasteiger partial charge in [-0.25, -0.2) is 4.79 Å². The number of nitro benzene ring substituents is 1. The Bertz CT molecular complexity index is 688. The van der Waals surface area contributed by atoms with Crippen molar-refractivity contribution in [2.24, 2.45) is 0 Å². The van der Waals surface area contributed by atoms with Gasteiger partial charge in [-0.3, -0.25) is 10.1 Å². The maximum absolute atomic E-state index is 11.0. The van der Waals surface area contributed by atoms with Gasteiger partial charge in [0, 0.05) is 9.64 Å². The Morgan fingerprint density at radius 2 is 1.90 bits per heavy atom. The van der Waals surface area contributed by atoms with E-state index in [9.17, 15) is 14.9 Å². The smallest absolute Gasteiger partial charge is 0.335 e. The molecule has 2 aromatic rings. The average Bonchev–Trinajstić information content (AvgIpc) is 2.41. The summed E-state index contributed by atoms with van der Waals surface area (Å²) in [5.74, 6) is -1.20. The molecule has 0 spiro atoms. The maximum atomic E-state index is 11.0. The Labute approximate surface area is 127 Å². The van der Waals surface area contributed by atoms with E-state index in [4.69, 9.17) is 5.11 Å². The number of nitrogens with zero attached hydrogens (tertiary/aromatic N) is 1. The number of halogens is 1. The first kappa shape index (κ1) is 14.3. The van der Waals surface area contributed by atoms with Crippen molar-refractivity contribution in [3.05, 3.63) is 61.7 Å². The third-order valence-corrected chi connectivity index (χ3v) is 3.53. The van der Waals surface area contributed by atoms with Crippen LogP contribution in [0.4, 0.5) is 17.1 Å². The number of nitrogens with one attached hydrogen (secondary N) is 1. The molecule has 0 unspecified atom stereocenters. The van der Waals surface area contributed by atoms with Gasteiger partial charge in [-0.2, -0.15) is 0 Å². The number of rotatable bonds is 4. The SMILES string of the molecule is O=C(O)c1ccc(Nc2ccccc2I)c([N+](=O)[O-])c1. The number of carboxylic acids is 1. The number of hydrogen-bond acceptors (Lipinski definition) is 4. The van der Waals surface area contributed by atoms with Gasteiger partial charge in [-0.1, -0.05) is 12.1 Å². The highest BCUT2D eigenvalue weighted by atomic mass is 127. The van der Waals surface area contributed by atoms with Crippen LogP contribution in [0.5, 0.6) is 0 Å². The Morgan fingerprint density at radius 3 is 2.50 bits per heavy atom. The van der Waals surface area contributed by atoms with Crippen LogP contribution >= 0.6 is 22.6 Å². The zero-order valence-corrected chi connectivity index (χ0v) is 12.2. The van der Waals surface area contributed by atoms with E-state index >= 15 is 0 Å². The molecule has 0 heterocycles. The van der Waals surface area contributed by atoms with Crippen molar-refractivity contribution >= 4 is 45.6 Å². The van der Waals surface area contributed by atoms with Crippen molar-refractivity contribution in [2.75, 3.05) is 5.32 Å². The van der Waals surface area contributed by atoms with Gasteiger partial charge < -0.3 is 10.4 Å². The van der Waals surface area contributed by atoms with E-state index in [1.165, 1.54) is 12.1 Å². The first-order valence-electron chi connectivity index (χ1n) is 5.52. The zero-order chi connectivity index (χ0) is 14.7. The molecule has 0 bridgehead atoms. The van der Waals surface area contributed by atoms with Crippen molar-refractivity contribution in [1.82, 2.24) is 0 Å². The van der Waals surface area contributed by atoms with Crippen LogP contribution in [-0.4, -0.2) is 16.0 Å². The molecule has 0 saturated carbocycles. The second-order valence-electron chi connectivity index (χ2n) is 3.90. The van der Waals surface area contributed by atoms with E-state index in [1.807, 2.05) is 18.2 Å². The minimum absolute atomic E-state index is 0.120. The minimum atomic E-state index is -1.20. The van der Waals surface area contributed by atoms with E-state index in [0.29, 0.717) is 0 Å². The summed E-state index contributed by atoms with van der Waals surface area (Å²) in [6, 6.07) is 11.1. The molecular formula is C13H9IN2O4. The highest BCUT2D eigenvalue weighted by Gasteiger charge is 2.17. The van der Waals surface area contributed by atoms with E-state index < -0.39 is 10.9 Å². The number of aromatic carboxylic acids is 1. The van der Waals surface area contributed by atoms with Crippen molar-refractivity contribution in [2.45, 2.75) is 0 Å². The lowest BCUT2D eigenvalue weighted by atomic mass is 10.1. The number of benzene rings is 2. The van der Waals surface area contributed by atoms with Crippen molar-refractivity contribution in [3.63, 3.8) is 0 Å². The minimum Gasteiger partial charge on any atom is -0.478 e. The molecule has 0 radical (unpaired) electrons. The van der Waals surface area contributed by atoms with E-state index in [-0.39, 0.29) is 16.9 Å². The lowest BCUT2D eigenvalue weighted by Crippen LogP contribution is -2.02. The predicted molar refractivity (Wildman–Crippen MR) is 82.5 cm³/mol. The Morgan fingerprint density at radius 1 is 1.20 bits per heavy atom. The summed E-state index contributed by atoms with van der Waals surface area (Å²) in [5.41, 5.74) is 0.581. The lowest BCUT2D eigenvalue weighted by Gasteiger charge is -2.09. The number of carbonyl (C=O) groups is 1. The molecular weight excluding hydrogens is 375 g/mol. The molecule has 0 atom stereocenters. The van der Waals surface area contributed by atoms with Gasteiger partial charge in [-0.05, 0) is 46.9 Å². The molecule has 0 saturated heterocycles. The fourth-order valence-electron chi connectivity index (χ4n) is 1.63. The zero-order valence-electron chi connectivity index (χ0n) is 10.0. The molecule has 6 nitrogen and oxygen atoms in total. The topological polar surface area (TPSA) is 92.5 Å². The number of anilines is 2. The quantitative estimate of drug-likeness (QED) is 0.477. The Kier molecular flexibility index (Phi) is 4.18. The highest BCUT2D eigenvalue weighted by molar-refractivity contribution is 14.1. The molecule has 2 N–H and O–H groups in total. The highest BCUT2D eigenvalue weighted by Crippen LogP contribution is 2.30. The van der Waals surface area contributed by atoms with E-state index in [2.05, 4.69) is 27.9 Å². The summed E-state index contributed by atoms with van der Waals surface area (Å²) in [6.45, 7) is 0. The van der Waals surface area contributed by atoms with Gasteiger partial charge in [0.25, 0.3) is 5.69 Å². The van der Waals surface area contributed by atoms with Gasteiger partial charge in [0.1, 0.15) is 5.69 Å². The van der Waals surface area contributed by atoms with Gasteiger partial charge in [0.05, 0.1) is 16.2 Å². The van der Waals surface area contributed by atoms with Crippen LogP contribution in [0, 0.1) is 13.7 Å². The van der Waals surface area contributed by atoms with Crippen LogP contribution in [-0.2, 0) is 0 Å². The third kappa shape index (κ3) is 3.05. The van der Waals surface area contributed by atoms with Crippen LogP contribution in [0.2, 0.25) is 0 Å². The summed E-state index contributed by atoms with van der Waals surface area (Å²) >= 11 is 2.11. The molecule has 0 fully saturated rings. The Hall–Kier alpha value is -2.16. The molecule has 0 amide bonds. The van der Waals surface area contributed by atoms with Crippen molar-refractivity contribution < 1.29 is 14.8 Å². The molecule has 2 aromatic carbocycles. The van der Waals surface area contributed by atoms with Crippen LogP contribution in [0.25, 0.3) is 0 Å². The van der Waals surface area contributed by atoms with Crippen molar-refractivity contribution in [1.29, 1.82) is 0 Å².